The third-order valence-electron chi connectivity index (χ3n) is 3.59. The monoisotopic (exact) mass is 300 g/mol. The van der Waals surface area contributed by atoms with Crippen LogP contribution in [-0.4, -0.2) is 36.3 Å². The molecule has 0 spiro atoms. The van der Waals surface area contributed by atoms with Crippen molar-refractivity contribution in [3.05, 3.63) is 29.8 Å². The van der Waals surface area contributed by atoms with Crippen LogP contribution in [0, 0.1) is 0 Å². The molecule has 2 atom stereocenters. The van der Waals surface area contributed by atoms with Gasteiger partial charge in [-0.3, -0.25) is 0 Å². The van der Waals surface area contributed by atoms with Crippen molar-refractivity contribution in [2.24, 2.45) is 5.73 Å². The molecule has 0 aromatic heterocycles. The molecule has 2 N–H and O–H groups in total. The fourth-order valence-electron chi connectivity index (χ4n) is 2.18. The number of benzene rings is 1. The van der Waals surface area contributed by atoms with Gasteiger partial charge in [-0.15, -0.1) is 0 Å². The predicted molar refractivity (Wildman–Crippen MR) is 79.6 cm³/mol. The molecule has 0 amide bonds. The molecule has 1 heterocycles. The maximum Gasteiger partial charge on any atom is 0.243 e. The van der Waals surface area contributed by atoms with Crippen molar-refractivity contribution < 1.29 is 8.42 Å². The number of hydrogen-bond donors (Lipinski definition) is 1. The van der Waals surface area contributed by atoms with Gasteiger partial charge in [-0.05, 0) is 24.6 Å². The molecule has 2 rings (SSSR count). The molecular formula is C13H20N2O2S2. The zero-order valence-corrected chi connectivity index (χ0v) is 12.9. The van der Waals surface area contributed by atoms with E-state index in [0.717, 1.165) is 11.3 Å². The van der Waals surface area contributed by atoms with E-state index in [9.17, 15) is 8.42 Å². The van der Waals surface area contributed by atoms with Crippen molar-refractivity contribution >= 4 is 21.8 Å². The van der Waals surface area contributed by atoms with E-state index in [-0.39, 0.29) is 6.04 Å². The fourth-order valence-corrected chi connectivity index (χ4v) is 5.17. The van der Waals surface area contributed by atoms with Gasteiger partial charge in [0.25, 0.3) is 0 Å². The first-order valence-corrected chi connectivity index (χ1v) is 8.88. The lowest BCUT2D eigenvalue weighted by Crippen LogP contribution is -2.47. The van der Waals surface area contributed by atoms with Gasteiger partial charge in [-0.1, -0.05) is 19.1 Å². The first-order valence-electron chi connectivity index (χ1n) is 6.39. The number of nitrogens with zero attached hydrogens (tertiary/aromatic N) is 1. The SMILES string of the molecule is CC1SCCN(S(=O)(=O)c2ccc(CN)cc2)C1C. The second-order valence-electron chi connectivity index (χ2n) is 4.78. The highest BCUT2D eigenvalue weighted by Gasteiger charge is 2.34. The number of thioether (sulfide) groups is 1. The molecule has 1 aromatic rings. The van der Waals surface area contributed by atoms with Crippen molar-refractivity contribution in [2.75, 3.05) is 12.3 Å². The second-order valence-corrected chi connectivity index (χ2v) is 8.16. The van der Waals surface area contributed by atoms with Crippen LogP contribution in [0.2, 0.25) is 0 Å². The lowest BCUT2D eigenvalue weighted by molar-refractivity contribution is 0.340. The predicted octanol–water partition coefficient (Wildman–Crippen LogP) is 1.66. The van der Waals surface area contributed by atoms with Crippen LogP contribution in [0.25, 0.3) is 0 Å². The lowest BCUT2D eigenvalue weighted by atomic mass is 10.2. The van der Waals surface area contributed by atoms with Gasteiger partial charge < -0.3 is 5.73 Å². The molecule has 4 nitrogen and oxygen atoms in total. The zero-order chi connectivity index (χ0) is 14.0. The van der Waals surface area contributed by atoms with E-state index >= 15 is 0 Å². The molecule has 0 bridgehead atoms. The van der Waals surface area contributed by atoms with E-state index in [1.807, 2.05) is 18.7 Å². The van der Waals surface area contributed by atoms with Crippen molar-refractivity contribution in [3.8, 4) is 0 Å². The van der Waals surface area contributed by atoms with Gasteiger partial charge in [0.05, 0.1) is 4.90 Å². The van der Waals surface area contributed by atoms with Gasteiger partial charge in [0, 0.05) is 30.1 Å². The van der Waals surface area contributed by atoms with Crippen LogP contribution in [0.4, 0.5) is 0 Å². The summed E-state index contributed by atoms with van der Waals surface area (Å²) in [6.45, 7) is 5.06. The van der Waals surface area contributed by atoms with E-state index < -0.39 is 10.0 Å². The molecule has 1 fully saturated rings. The average molecular weight is 300 g/mol. The molecule has 0 saturated carbocycles. The smallest absolute Gasteiger partial charge is 0.243 e. The average Bonchev–Trinajstić information content (AvgIpc) is 2.41. The molecule has 1 aliphatic heterocycles. The molecule has 2 unspecified atom stereocenters. The Balaban J connectivity index is 2.30. The summed E-state index contributed by atoms with van der Waals surface area (Å²) >= 11 is 1.82. The van der Waals surface area contributed by atoms with E-state index in [4.69, 9.17) is 5.73 Å². The van der Waals surface area contributed by atoms with E-state index in [1.54, 1.807) is 28.6 Å². The molecule has 1 saturated heterocycles. The first kappa shape index (κ1) is 14.8. The summed E-state index contributed by atoms with van der Waals surface area (Å²) in [5, 5.41) is 0.326. The third kappa shape index (κ3) is 2.97. The van der Waals surface area contributed by atoms with E-state index in [2.05, 4.69) is 6.92 Å². The van der Waals surface area contributed by atoms with Gasteiger partial charge in [0.15, 0.2) is 0 Å². The van der Waals surface area contributed by atoms with Gasteiger partial charge in [-0.2, -0.15) is 16.1 Å². The molecule has 6 heteroatoms. The summed E-state index contributed by atoms with van der Waals surface area (Å²) in [5.41, 5.74) is 6.47. The van der Waals surface area contributed by atoms with E-state index in [1.165, 1.54) is 0 Å². The van der Waals surface area contributed by atoms with Crippen LogP contribution in [0.15, 0.2) is 29.2 Å². The Morgan fingerprint density at radius 3 is 2.53 bits per heavy atom. The Labute approximate surface area is 119 Å². The van der Waals surface area contributed by atoms with Gasteiger partial charge in [0.2, 0.25) is 10.0 Å². The minimum atomic E-state index is -3.39. The molecule has 19 heavy (non-hydrogen) atoms. The standard InChI is InChI=1S/C13H20N2O2S2/c1-10-11(2)18-8-7-15(10)19(16,17)13-5-3-12(9-14)4-6-13/h3-6,10-11H,7-9,14H2,1-2H3. The van der Waals surface area contributed by atoms with Crippen LogP contribution in [-0.2, 0) is 16.6 Å². The summed E-state index contributed by atoms with van der Waals surface area (Å²) in [5.74, 6) is 0.853. The van der Waals surface area contributed by atoms with Gasteiger partial charge >= 0.3 is 0 Å². The van der Waals surface area contributed by atoms with Crippen LogP contribution >= 0.6 is 11.8 Å². The molecule has 1 aromatic carbocycles. The van der Waals surface area contributed by atoms with Crippen molar-refractivity contribution in [2.45, 2.75) is 36.6 Å². The van der Waals surface area contributed by atoms with Crippen LogP contribution < -0.4 is 5.73 Å². The molecule has 1 aliphatic rings. The Hall–Kier alpha value is -0.560. The Morgan fingerprint density at radius 1 is 1.32 bits per heavy atom. The Kier molecular flexibility index (Phi) is 4.55. The largest absolute Gasteiger partial charge is 0.326 e. The number of rotatable bonds is 3. The summed E-state index contributed by atoms with van der Waals surface area (Å²) in [4.78, 5) is 0.357. The van der Waals surface area contributed by atoms with Crippen molar-refractivity contribution in [1.82, 2.24) is 4.31 Å². The topological polar surface area (TPSA) is 63.4 Å². The van der Waals surface area contributed by atoms with Gasteiger partial charge in [0.1, 0.15) is 0 Å². The zero-order valence-electron chi connectivity index (χ0n) is 11.2. The maximum absolute atomic E-state index is 12.6. The highest BCUT2D eigenvalue weighted by molar-refractivity contribution is 8.00. The van der Waals surface area contributed by atoms with Crippen LogP contribution in [0.3, 0.4) is 0 Å². The lowest BCUT2D eigenvalue weighted by Gasteiger charge is -2.36. The Morgan fingerprint density at radius 2 is 1.95 bits per heavy atom. The maximum atomic E-state index is 12.6. The normalized spacial score (nSPS) is 25.4. The molecule has 106 valence electrons. The first-order chi connectivity index (χ1) is 8.96. The second kappa shape index (κ2) is 5.83. The molecular weight excluding hydrogens is 280 g/mol. The summed E-state index contributed by atoms with van der Waals surface area (Å²) in [6, 6.07) is 6.88. The van der Waals surface area contributed by atoms with Crippen molar-refractivity contribution in [1.29, 1.82) is 0 Å². The van der Waals surface area contributed by atoms with Crippen LogP contribution in [0.1, 0.15) is 19.4 Å². The van der Waals surface area contributed by atoms with E-state index in [0.29, 0.717) is 23.2 Å². The minimum absolute atomic E-state index is 0.0259. The quantitative estimate of drug-likeness (QED) is 0.922. The highest BCUT2D eigenvalue weighted by Crippen LogP contribution is 2.29. The summed E-state index contributed by atoms with van der Waals surface area (Å²) in [7, 11) is -3.39. The Bertz CT molecular complexity index is 528. The van der Waals surface area contributed by atoms with Crippen LogP contribution in [0.5, 0.6) is 0 Å². The van der Waals surface area contributed by atoms with Gasteiger partial charge in [-0.25, -0.2) is 8.42 Å². The summed E-state index contributed by atoms with van der Waals surface area (Å²) < 4.78 is 26.9. The number of hydrogen-bond acceptors (Lipinski definition) is 4. The molecule has 0 aliphatic carbocycles. The fraction of sp³-hybridized carbons (Fsp3) is 0.538. The summed E-state index contributed by atoms with van der Waals surface area (Å²) in [6.07, 6.45) is 0. The number of nitrogens with two attached hydrogens (primary N) is 1. The number of sulfonamides is 1. The van der Waals surface area contributed by atoms with Crippen molar-refractivity contribution in [3.63, 3.8) is 0 Å². The highest BCUT2D eigenvalue weighted by atomic mass is 32.2. The third-order valence-corrected chi connectivity index (χ3v) is 6.93. The molecule has 0 radical (unpaired) electrons. The minimum Gasteiger partial charge on any atom is -0.326 e.